The minimum Gasteiger partial charge on any atom is -0.463 e. The van der Waals surface area contributed by atoms with Gasteiger partial charge in [0.25, 0.3) is 0 Å². The van der Waals surface area contributed by atoms with Crippen LogP contribution >= 0.6 is 0 Å². The summed E-state index contributed by atoms with van der Waals surface area (Å²) in [6.07, 6.45) is 4.03. The van der Waals surface area contributed by atoms with Crippen LogP contribution in [0.1, 0.15) is 18.1 Å². The lowest BCUT2D eigenvalue weighted by molar-refractivity contribution is 0.617. The summed E-state index contributed by atoms with van der Waals surface area (Å²) in [6.45, 7) is 2.14. The van der Waals surface area contributed by atoms with Crippen molar-refractivity contribution in [3.8, 4) is 11.1 Å². The Morgan fingerprint density at radius 2 is 0.942 bits per heavy atom. The first-order chi connectivity index (χ1) is 25.6. The molecule has 0 saturated heterocycles. The second-order valence-corrected chi connectivity index (χ2v) is 13.7. The van der Waals surface area contributed by atoms with E-state index in [2.05, 4.69) is 91.9 Å². The molecule has 0 bridgehead atoms. The van der Waals surface area contributed by atoms with Crippen LogP contribution in [0.5, 0.6) is 0 Å². The summed E-state index contributed by atoms with van der Waals surface area (Å²) in [6, 6.07) is 43.8. The smallest absolute Gasteiger partial charge is 0.147 e. The van der Waals surface area contributed by atoms with Crippen molar-refractivity contribution < 1.29 is 22.1 Å². The number of para-hydroxylation sites is 2. The van der Waals surface area contributed by atoms with E-state index in [0.29, 0.717) is 0 Å². The molecule has 0 aliphatic heterocycles. The van der Waals surface area contributed by atoms with Crippen LogP contribution in [0.3, 0.4) is 0 Å². The van der Waals surface area contributed by atoms with Crippen LogP contribution in [0.25, 0.3) is 121 Å². The topological polar surface area (TPSA) is 65.7 Å². The van der Waals surface area contributed by atoms with E-state index in [0.717, 1.165) is 127 Å². The van der Waals surface area contributed by atoms with E-state index in [4.69, 9.17) is 22.1 Å². The third-order valence-electron chi connectivity index (χ3n) is 10.7. The maximum absolute atomic E-state index is 6.48. The molecule has 0 N–H and O–H groups in total. The van der Waals surface area contributed by atoms with Crippen molar-refractivity contribution in [2.45, 2.75) is 6.92 Å². The summed E-state index contributed by atoms with van der Waals surface area (Å²) in [7, 11) is 0. The van der Waals surface area contributed by atoms with Crippen LogP contribution in [0.15, 0.2) is 156 Å². The lowest BCUT2D eigenvalue weighted by Crippen LogP contribution is -1.81. The third kappa shape index (κ3) is 3.82. The zero-order chi connectivity index (χ0) is 34.1. The molecule has 5 heterocycles. The van der Waals surface area contributed by atoms with Crippen molar-refractivity contribution in [3.05, 3.63) is 145 Å². The summed E-state index contributed by atoms with van der Waals surface area (Å²) in [5.41, 5.74) is 13.2. The van der Waals surface area contributed by atoms with Crippen LogP contribution in [-0.2, 0) is 0 Å². The molecule has 0 saturated carbocycles. The molecular weight excluding hydrogens is 645 g/mol. The molecule has 5 aromatic heterocycles. The van der Waals surface area contributed by atoms with Crippen molar-refractivity contribution >= 4 is 110 Å². The van der Waals surface area contributed by atoms with E-state index in [1.54, 1.807) is 0 Å². The van der Waals surface area contributed by atoms with Crippen molar-refractivity contribution in [1.29, 1.82) is 0 Å². The lowest BCUT2D eigenvalue weighted by Gasteiger charge is -2.04. The van der Waals surface area contributed by atoms with E-state index < -0.39 is 0 Å². The Hall–Kier alpha value is -6.98. The van der Waals surface area contributed by atoms with E-state index in [-0.39, 0.29) is 0 Å². The molecule has 12 aromatic rings. The second-order valence-electron chi connectivity index (χ2n) is 13.7. The fraction of sp³-hybridized carbons (Fsp3) is 0.0213. The van der Waals surface area contributed by atoms with Gasteiger partial charge in [-0.15, -0.1) is 0 Å². The molecule has 0 unspecified atom stereocenters. The molecule has 0 amide bonds. The van der Waals surface area contributed by atoms with Crippen molar-refractivity contribution in [2.75, 3.05) is 0 Å². The van der Waals surface area contributed by atoms with Crippen molar-refractivity contribution in [3.63, 3.8) is 0 Å². The fourth-order valence-corrected chi connectivity index (χ4v) is 8.17. The van der Waals surface area contributed by atoms with Crippen LogP contribution < -0.4 is 0 Å². The number of furan rings is 5. The molecular formula is C47H26O5. The Bertz CT molecular complexity index is 3480. The predicted octanol–water partition coefficient (Wildman–Crippen LogP) is 14.3. The Kier molecular flexibility index (Phi) is 5.37. The predicted molar refractivity (Wildman–Crippen MR) is 211 cm³/mol. The van der Waals surface area contributed by atoms with Crippen molar-refractivity contribution in [1.82, 2.24) is 0 Å². The average molecular weight is 671 g/mol. The highest BCUT2D eigenvalue weighted by Gasteiger charge is 2.18. The van der Waals surface area contributed by atoms with E-state index in [1.807, 2.05) is 54.8 Å². The molecule has 0 atom stereocenters. The van der Waals surface area contributed by atoms with Gasteiger partial charge in [-0.2, -0.15) is 0 Å². The third-order valence-corrected chi connectivity index (χ3v) is 10.7. The molecule has 0 aliphatic carbocycles. The minimum absolute atomic E-state index is 0.828. The summed E-state index contributed by atoms with van der Waals surface area (Å²) in [4.78, 5) is 0. The molecule has 7 aromatic carbocycles. The Morgan fingerprint density at radius 1 is 0.423 bits per heavy atom. The van der Waals surface area contributed by atoms with Crippen LogP contribution in [-0.4, -0.2) is 0 Å². The average Bonchev–Trinajstić information content (AvgIpc) is 4.00. The summed E-state index contributed by atoms with van der Waals surface area (Å²) in [5.74, 6) is 0. The number of benzene rings is 7. The van der Waals surface area contributed by atoms with Gasteiger partial charge < -0.3 is 22.1 Å². The fourth-order valence-electron chi connectivity index (χ4n) is 8.17. The van der Waals surface area contributed by atoms with Gasteiger partial charge in [0.15, 0.2) is 0 Å². The monoisotopic (exact) mass is 670 g/mol. The Labute approximate surface area is 294 Å². The quantitative estimate of drug-likeness (QED) is 0.187. The highest BCUT2D eigenvalue weighted by Crippen LogP contribution is 2.42. The minimum atomic E-state index is 0.828. The number of hydrogen-bond donors (Lipinski definition) is 0. The molecule has 5 heteroatoms. The zero-order valence-electron chi connectivity index (χ0n) is 27.8. The van der Waals surface area contributed by atoms with Crippen LogP contribution in [0.4, 0.5) is 0 Å². The van der Waals surface area contributed by atoms with Gasteiger partial charge in [-0.3, -0.25) is 0 Å². The molecule has 52 heavy (non-hydrogen) atoms. The standard InChI is InChI=1S/C47H26O5/c1-25(20-29-24-48-46-30(29)13-18-42-44(46)32-6-2-4-8-37(32)50-42)26-10-15-39-35(21-26)36-23-28(11-16-40(36)49-39)27-12-17-41-34(22-27)31-14-19-43-45(47(31)52-41)33-7-3-5-9-38(33)51-43/h2-24H,1H3/b25-20+. The van der Waals surface area contributed by atoms with Gasteiger partial charge in [0.1, 0.15) is 50.2 Å². The van der Waals surface area contributed by atoms with Gasteiger partial charge in [-0.1, -0.05) is 54.6 Å². The molecule has 0 fully saturated rings. The zero-order valence-corrected chi connectivity index (χ0v) is 27.8. The van der Waals surface area contributed by atoms with Gasteiger partial charge in [-0.05, 0) is 108 Å². The number of rotatable bonds is 3. The van der Waals surface area contributed by atoms with Gasteiger partial charge in [0.05, 0.1) is 17.0 Å². The normalized spacial score (nSPS) is 12.8. The number of hydrogen-bond acceptors (Lipinski definition) is 5. The second kappa shape index (κ2) is 10.1. The molecule has 12 rings (SSSR count). The van der Waals surface area contributed by atoms with Crippen molar-refractivity contribution in [2.24, 2.45) is 0 Å². The van der Waals surface area contributed by atoms with Gasteiger partial charge in [0, 0.05) is 43.3 Å². The SMILES string of the molecule is C/C(=C\c1coc2c1ccc1oc3ccccc3c12)c1ccc2oc3ccc(-c4ccc5oc6c(ccc7oc8ccccc8c76)c5c4)cc3c2c1. The molecule has 0 aliphatic rings. The molecule has 244 valence electrons. The molecule has 0 spiro atoms. The number of fused-ring (bicyclic) bond motifs is 15. The van der Waals surface area contributed by atoms with E-state index in [1.165, 1.54) is 0 Å². The maximum atomic E-state index is 6.48. The molecule has 0 radical (unpaired) electrons. The molecule has 5 nitrogen and oxygen atoms in total. The first kappa shape index (κ1) is 27.8. The van der Waals surface area contributed by atoms with Crippen LogP contribution in [0, 0.1) is 0 Å². The summed E-state index contributed by atoms with van der Waals surface area (Å²) < 4.78 is 31.2. The highest BCUT2D eigenvalue weighted by molar-refractivity contribution is 6.22. The largest absolute Gasteiger partial charge is 0.463 e. The summed E-state index contributed by atoms with van der Waals surface area (Å²) in [5, 5.41) is 9.51. The Balaban J connectivity index is 0.954. The maximum Gasteiger partial charge on any atom is 0.147 e. The Morgan fingerprint density at radius 3 is 1.65 bits per heavy atom. The van der Waals surface area contributed by atoms with Gasteiger partial charge in [0.2, 0.25) is 0 Å². The lowest BCUT2D eigenvalue weighted by atomic mass is 9.98. The first-order valence-electron chi connectivity index (χ1n) is 17.4. The number of allylic oxidation sites excluding steroid dienone is 1. The highest BCUT2D eigenvalue weighted by atomic mass is 16.4. The first-order valence-corrected chi connectivity index (χ1v) is 17.4. The van der Waals surface area contributed by atoms with E-state index in [9.17, 15) is 0 Å². The van der Waals surface area contributed by atoms with E-state index >= 15 is 0 Å². The van der Waals surface area contributed by atoms with Crippen LogP contribution in [0.2, 0.25) is 0 Å². The van der Waals surface area contributed by atoms with Gasteiger partial charge >= 0.3 is 0 Å². The summed E-state index contributed by atoms with van der Waals surface area (Å²) >= 11 is 0. The van der Waals surface area contributed by atoms with Gasteiger partial charge in [-0.25, -0.2) is 0 Å².